The van der Waals surface area contributed by atoms with Gasteiger partial charge in [0, 0.05) is 43.6 Å². The summed E-state index contributed by atoms with van der Waals surface area (Å²) in [5.41, 5.74) is 3.81. The van der Waals surface area contributed by atoms with E-state index in [0.717, 1.165) is 43.9 Å². The standard InChI is InChI=1S/C23H33N5O/c1-6-27(7-2)19-10-11-20(17(4)13-19)26-22-14-21(24-18(5)25-22)23(29)28-12-8-9-16(3)15-28/h10-11,13-14,16H,6-9,12,15H2,1-5H3,(H,24,25,26). The van der Waals surface area contributed by atoms with Crippen molar-refractivity contribution < 1.29 is 4.79 Å². The lowest BCUT2D eigenvalue weighted by molar-refractivity contribution is 0.0676. The van der Waals surface area contributed by atoms with Gasteiger partial charge in [-0.15, -0.1) is 0 Å². The number of hydrogen-bond donors (Lipinski definition) is 1. The maximum Gasteiger partial charge on any atom is 0.272 e. The van der Waals surface area contributed by atoms with E-state index >= 15 is 0 Å². The van der Waals surface area contributed by atoms with E-state index in [2.05, 4.69) is 66.1 Å². The number of carbonyl (C=O) groups is 1. The van der Waals surface area contributed by atoms with Gasteiger partial charge >= 0.3 is 0 Å². The lowest BCUT2D eigenvalue weighted by Gasteiger charge is -2.30. The molecule has 0 radical (unpaired) electrons. The summed E-state index contributed by atoms with van der Waals surface area (Å²) >= 11 is 0. The van der Waals surface area contributed by atoms with Crippen LogP contribution in [0.15, 0.2) is 24.3 Å². The number of carbonyl (C=O) groups excluding carboxylic acids is 1. The van der Waals surface area contributed by atoms with Gasteiger partial charge in [-0.3, -0.25) is 4.79 Å². The second-order valence-corrected chi connectivity index (χ2v) is 7.98. The lowest BCUT2D eigenvalue weighted by Crippen LogP contribution is -2.39. The Bertz CT molecular complexity index is 862. The Morgan fingerprint density at radius 1 is 1.21 bits per heavy atom. The molecule has 1 atom stereocenters. The molecule has 1 N–H and O–H groups in total. The van der Waals surface area contributed by atoms with E-state index < -0.39 is 0 Å². The molecule has 1 saturated heterocycles. The largest absolute Gasteiger partial charge is 0.372 e. The Morgan fingerprint density at radius 3 is 2.62 bits per heavy atom. The van der Waals surface area contributed by atoms with Gasteiger partial charge < -0.3 is 15.1 Å². The van der Waals surface area contributed by atoms with Gasteiger partial charge in [-0.2, -0.15) is 0 Å². The van der Waals surface area contributed by atoms with E-state index in [0.29, 0.717) is 23.3 Å². The Hall–Kier alpha value is -2.63. The van der Waals surface area contributed by atoms with E-state index in [4.69, 9.17) is 0 Å². The maximum absolute atomic E-state index is 13.0. The third kappa shape index (κ3) is 5.05. The molecule has 0 saturated carbocycles. The molecule has 2 aromatic rings. The zero-order valence-electron chi connectivity index (χ0n) is 18.3. The normalized spacial score (nSPS) is 16.6. The molecule has 1 aliphatic rings. The molecule has 156 valence electrons. The number of rotatable bonds is 6. The second kappa shape index (κ2) is 9.25. The van der Waals surface area contributed by atoms with Gasteiger partial charge in [0.2, 0.25) is 0 Å². The first-order chi connectivity index (χ1) is 13.9. The average Bonchev–Trinajstić information content (AvgIpc) is 2.70. The number of piperidine rings is 1. The Balaban J connectivity index is 1.80. The number of aromatic nitrogens is 2. The molecule has 29 heavy (non-hydrogen) atoms. The van der Waals surface area contributed by atoms with Crippen molar-refractivity contribution >= 4 is 23.1 Å². The molecule has 6 nitrogen and oxygen atoms in total. The maximum atomic E-state index is 13.0. The smallest absolute Gasteiger partial charge is 0.272 e. The van der Waals surface area contributed by atoms with Crippen molar-refractivity contribution in [3.05, 3.63) is 41.3 Å². The number of nitrogens with one attached hydrogen (secondary N) is 1. The molecule has 1 aromatic carbocycles. The van der Waals surface area contributed by atoms with Gasteiger partial charge in [-0.05, 0) is 70.2 Å². The lowest BCUT2D eigenvalue weighted by atomic mass is 10.00. The molecule has 1 aromatic heterocycles. The molecule has 1 fully saturated rings. The third-order valence-electron chi connectivity index (χ3n) is 5.60. The van der Waals surface area contributed by atoms with Crippen LogP contribution in [0.4, 0.5) is 17.2 Å². The molecule has 2 heterocycles. The van der Waals surface area contributed by atoms with Crippen molar-refractivity contribution in [1.29, 1.82) is 0 Å². The van der Waals surface area contributed by atoms with Crippen molar-refractivity contribution in [3.8, 4) is 0 Å². The minimum Gasteiger partial charge on any atom is -0.372 e. The van der Waals surface area contributed by atoms with Crippen LogP contribution in [-0.2, 0) is 0 Å². The van der Waals surface area contributed by atoms with Crippen molar-refractivity contribution in [1.82, 2.24) is 14.9 Å². The van der Waals surface area contributed by atoms with Gasteiger partial charge in [0.15, 0.2) is 0 Å². The fraction of sp³-hybridized carbons (Fsp3) is 0.522. The summed E-state index contributed by atoms with van der Waals surface area (Å²) in [5, 5.41) is 3.38. The highest BCUT2D eigenvalue weighted by Crippen LogP contribution is 2.26. The molecule has 0 aliphatic carbocycles. The highest BCUT2D eigenvalue weighted by atomic mass is 16.2. The number of anilines is 3. The van der Waals surface area contributed by atoms with Gasteiger partial charge in [-0.25, -0.2) is 9.97 Å². The van der Waals surface area contributed by atoms with Gasteiger partial charge in [0.1, 0.15) is 17.3 Å². The van der Waals surface area contributed by atoms with Crippen LogP contribution in [-0.4, -0.2) is 47.0 Å². The van der Waals surface area contributed by atoms with Crippen LogP contribution in [0.1, 0.15) is 55.5 Å². The third-order valence-corrected chi connectivity index (χ3v) is 5.60. The summed E-state index contributed by atoms with van der Waals surface area (Å²) in [5.74, 6) is 1.80. The first kappa shape index (κ1) is 21.1. The highest BCUT2D eigenvalue weighted by Gasteiger charge is 2.23. The first-order valence-corrected chi connectivity index (χ1v) is 10.7. The molecule has 0 spiro atoms. The Kier molecular flexibility index (Phi) is 6.72. The summed E-state index contributed by atoms with van der Waals surface area (Å²) in [7, 11) is 0. The zero-order valence-corrected chi connectivity index (χ0v) is 18.3. The quantitative estimate of drug-likeness (QED) is 0.777. The topological polar surface area (TPSA) is 61.4 Å². The summed E-state index contributed by atoms with van der Waals surface area (Å²) in [4.78, 5) is 26.1. The highest BCUT2D eigenvalue weighted by molar-refractivity contribution is 5.93. The SMILES string of the molecule is CCN(CC)c1ccc(Nc2cc(C(=O)N3CCCC(C)C3)nc(C)n2)c(C)c1. The molecule has 1 amide bonds. The second-order valence-electron chi connectivity index (χ2n) is 7.98. The molecule has 1 aliphatic heterocycles. The summed E-state index contributed by atoms with van der Waals surface area (Å²) in [6, 6.07) is 8.16. The molecular weight excluding hydrogens is 362 g/mol. The molecule has 6 heteroatoms. The predicted molar refractivity (Wildman–Crippen MR) is 119 cm³/mol. The number of hydrogen-bond acceptors (Lipinski definition) is 5. The first-order valence-electron chi connectivity index (χ1n) is 10.7. The number of nitrogens with zero attached hydrogens (tertiary/aromatic N) is 4. The number of amides is 1. The molecular formula is C23H33N5O. The average molecular weight is 396 g/mol. The predicted octanol–water partition coefficient (Wildman–Crippen LogP) is 4.56. The van der Waals surface area contributed by atoms with Crippen LogP contribution in [0.2, 0.25) is 0 Å². The van der Waals surface area contributed by atoms with Crippen molar-refractivity contribution in [3.63, 3.8) is 0 Å². The van der Waals surface area contributed by atoms with Crippen LogP contribution < -0.4 is 10.2 Å². The molecule has 0 bridgehead atoms. The minimum absolute atomic E-state index is 0.00120. The fourth-order valence-corrected chi connectivity index (χ4v) is 3.99. The Morgan fingerprint density at radius 2 is 1.97 bits per heavy atom. The van der Waals surface area contributed by atoms with E-state index in [1.807, 2.05) is 11.8 Å². The van der Waals surface area contributed by atoms with Gasteiger partial charge in [0.25, 0.3) is 5.91 Å². The number of aryl methyl sites for hydroxylation is 2. The number of likely N-dealkylation sites (tertiary alicyclic amines) is 1. The summed E-state index contributed by atoms with van der Waals surface area (Å²) in [6.07, 6.45) is 2.24. The van der Waals surface area contributed by atoms with Crippen molar-refractivity contribution in [2.75, 3.05) is 36.4 Å². The van der Waals surface area contributed by atoms with Crippen molar-refractivity contribution in [2.24, 2.45) is 5.92 Å². The van der Waals surface area contributed by atoms with E-state index in [1.165, 1.54) is 12.1 Å². The van der Waals surface area contributed by atoms with Crippen LogP contribution >= 0.6 is 0 Å². The van der Waals surface area contributed by atoms with Crippen LogP contribution in [0.25, 0.3) is 0 Å². The number of benzene rings is 1. The summed E-state index contributed by atoms with van der Waals surface area (Å²) in [6.45, 7) is 14.0. The minimum atomic E-state index is -0.00120. The zero-order chi connectivity index (χ0) is 21.0. The van der Waals surface area contributed by atoms with E-state index in [-0.39, 0.29) is 5.91 Å². The monoisotopic (exact) mass is 395 g/mol. The van der Waals surface area contributed by atoms with E-state index in [1.54, 1.807) is 6.07 Å². The van der Waals surface area contributed by atoms with Crippen molar-refractivity contribution in [2.45, 2.75) is 47.5 Å². The fourth-order valence-electron chi connectivity index (χ4n) is 3.99. The Labute approximate surface area is 174 Å². The van der Waals surface area contributed by atoms with Crippen LogP contribution in [0, 0.1) is 19.8 Å². The van der Waals surface area contributed by atoms with Gasteiger partial charge in [0.05, 0.1) is 0 Å². The summed E-state index contributed by atoms with van der Waals surface area (Å²) < 4.78 is 0. The molecule has 1 unspecified atom stereocenters. The molecule has 3 rings (SSSR count). The van der Waals surface area contributed by atoms with Crippen LogP contribution in [0.5, 0.6) is 0 Å². The van der Waals surface area contributed by atoms with Crippen LogP contribution in [0.3, 0.4) is 0 Å². The van der Waals surface area contributed by atoms with Gasteiger partial charge in [-0.1, -0.05) is 6.92 Å². The van der Waals surface area contributed by atoms with E-state index in [9.17, 15) is 4.79 Å².